The summed E-state index contributed by atoms with van der Waals surface area (Å²) < 4.78 is 0. The third kappa shape index (κ3) is 2.26. The van der Waals surface area contributed by atoms with Gasteiger partial charge in [-0.2, -0.15) is 0 Å². The molecule has 0 bridgehead atoms. The third-order valence-electron chi connectivity index (χ3n) is 1.74. The molecule has 1 atom stereocenters. The third-order valence-corrected chi connectivity index (χ3v) is 2.72. The van der Waals surface area contributed by atoms with Crippen LogP contribution in [0.25, 0.3) is 0 Å². The minimum Gasteiger partial charge on any atom is -0.354 e. The summed E-state index contributed by atoms with van der Waals surface area (Å²) >= 11 is 1.43. The minimum atomic E-state index is -0.161. The maximum atomic E-state index is 11.1. The van der Waals surface area contributed by atoms with E-state index in [-0.39, 0.29) is 11.9 Å². The summed E-state index contributed by atoms with van der Waals surface area (Å²) in [5.74, 6) is -0.161. The summed E-state index contributed by atoms with van der Waals surface area (Å²) in [6.07, 6.45) is 0.834. The molecule has 0 aliphatic heterocycles. The summed E-state index contributed by atoms with van der Waals surface area (Å²) in [6, 6.07) is -0.0524. The summed E-state index contributed by atoms with van der Waals surface area (Å²) in [4.78, 5) is 15.3. The van der Waals surface area contributed by atoms with Crippen LogP contribution in [0.5, 0.6) is 0 Å². The first-order valence-corrected chi connectivity index (χ1v) is 5.00. The molecule has 0 aromatic carbocycles. The zero-order valence-corrected chi connectivity index (χ0v) is 8.52. The zero-order chi connectivity index (χ0) is 9.84. The predicted molar refractivity (Wildman–Crippen MR) is 52.7 cm³/mol. The Morgan fingerprint density at radius 3 is 3.08 bits per heavy atom. The van der Waals surface area contributed by atoms with E-state index >= 15 is 0 Å². The molecule has 0 aliphatic carbocycles. The van der Waals surface area contributed by atoms with Crippen molar-refractivity contribution in [3.8, 4) is 0 Å². The number of hydrogen-bond donors (Lipinski definition) is 2. The van der Waals surface area contributed by atoms with Crippen LogP contribution in [-0.2, 0) is 0 Å². The second-order valence-electron chi connectivity index (χ2n) is 2.66. The lowest BCUT2D eigenvalue weighted by atomic mass is 10.2. The van der Waals surface area contributed by atoms with Crippen LogP contribution in [0.2, 0.25) is 0 Å². The number of nitrogens with two attached hydrogens (primary N) is 1. The van der Waals surface area contributed by atoms with Crippen LogP contribution in [0.3, 0.4) is 0 Å². The molecule has 0 aliphatic rings. The molecule has 13 heavy (non-hydrogen) atoms. The highest BCUT2D eigenvalue weighted by Gasteiger charge is 2.12. The molecular weight excluding hydrogens is 186 g/mol. The van der Waals surface area contributed by atoms with E-state index in [9.17, 15) is 4.79 Å². The minimum absolute atomic E-state index is 0.0524. The molecule has 1 heterocycles. The Labute approximate surface area is 81.2 Å². The summed E-state index contributed by atoms with van der Waals surface area (Å²) in [5, 5.41) is 5.06. The lowest BCUT2D eigenvalue weighted by molar-refractivity contribution is 0.0958. The van der Waals surface area contributed by atoms with Crippen LogP contribution in [0.15, 0.2) is 5.38 Å². The van der Waals surface area contributed by atoms with E-state index in [1.807, 2.05) is 6.92 Å². The van der Waals surface area contributed by atoms with Crippen molar-refractivity contribution in [2.24, 2.45) is 5.73 Å². The van der Waals surface area contributed by atoms with Gasteiger partial charge in [-0.05, 0) is 6.42 Å². The number of nitrogens with one attached hydrogen (secondary N) is 1. The molecule has 72 valence electrons. The first-order chi connectivity index (χ1) is 6.19. The Kier molecular flexibility index (Phi) is 3.39. The molecule has 5 heteroatoms. The Bertz CT molecular complexity index is 297. The van der Waals surface area contributed by atoms with Crippen LogP contribution >= 0.6 is 11.3 Å². The summed E-state index contributed by atoms with van der Waals surface area (Å²) in [5.41, 5.74) is 6.22. The summed E-state index contributed by atoms with van der Waals surface area (Å²) in [6.45, 7) is 1.99. The Morgan fingerprint density at radius 2 is 2.54 bits per heavy atom. The van der Waals surface area contributed by atoms with E-state index in [2.05, 4.69) is 10.3 Å². The van der Waals surface area contributed by atoms with E-state index < -0.39 is 0 Å². The van der Waals surface area contributed by atoms with Gasteiger partial charge in [-0.15, -0.1) is 11.3 Å². The number of nitrogens with zero attached hydrogens (tertiary/aromatic N) is 1. The second-order valence-corrected chi connectivity index (χ2v) is 3.55. The van der Waals surface area contributed by atoms with Gasteiger partial charge in [0.2, 0.25) is 0 Å². The topological polar surface area (TPSA) is 68.0 Å². The second kappa shape index (κ2) is 4.34. The van der Waals surface area contributed by atoms with Crippen molar-refractivity contribution in [1.82, 2.24) is 10.3 Å². The molecule has 0 spiro atoms. The molecule has 1 aromatic heterocycles. The maximum absolute atomic E-state index is 11.1. The highest BCUT2D eigenvalue weighted by atomic mass is 32.1. The van der Waals surface area contributed by atoms with E-state index in [4.69, 9.17) is 5.73 Å². The van der Waals surface area contributed by atoms with Crippen LogP contribution in [0.1, 0.15) is 34.9 Å². The molecule has 0 saturated heterocycles. The molecule has 0 unspecified atom stereocenters. The number of hydrogen-bond acceptors (Lipinski definition) is 4. The fourth-order valence-electron chi connectivity index (χ4n) is 0.865. The smallest absolute Gasteiger partial charge is 0.270 e. The van der Waals surface area contributed by atoms with Crippen LogP contribution in [0, 0.1) is 0 Å². The highest BCUT2D eigenvalue weighted by molar-refractivity contribution is 7.09. The molecule has 1 aromatic rings. The SMILES string of the molecule is CC[C@H](N)c1nc(C(=O)NC)cs1. The van der Waals surface area contributed by atoms with Crippen LogP contribution < -0.4 is 11.1 Å². The Morgan fingerprint density at radius 1 is 1.85 bits per heavy atom. The van der Waals surface area contributed by atoms with Gasteiger partial charge in [-0.25, -0.2) is 4.98 Å². The fraction of sp³-hybridized carbons (Fsp3) is 0.500. The normalized spacial score (nSPS) is 12.5. The molecule has 0 fully saturated rings. The van der Waals surface area contributed by atoms with Gasteiger partial charge in [-0.1, -0.05) is 6.92 Å². The van der Waals surface area contributed by atoms with Crippen LogP contribution in [0.4, 0.5) is 0 Å². The van der Waals surface area contributed by atoms with E-state index in [0.717, 1.165) is 11.4 Å². The van der Waals surface area contributed by atoms with Crippen molar-refractivity contribution in [1.29, 1.82) is 0 Å². The largest absolute Gasteiger partial charge is 0.354 e. The van der Waals surface area contributed by atoms with Crippen molar-refractivity contribution >= 4 is 17.2 Å². The molecule has 0 radical (unpaired) electrons. The Balaban J connectivity index is 2.80. The number of carbonyl (C=O) groups excluding carboxylic acids is 1. The van der Waals surface area contributed by atoms with Crippen molar-refractivity contribution < 1.29 is 4.79 Å². The van der Waals surface area contributed by atoms with Gasteiger partial charge in [-0.3, -0.25) is 4.79 Å². The van der Waals surface area contributed by atoms with Gasteiger partial charge in [0.05, 0.1) is 6.04 Å². The molecule has 4 nitrogen and oxygen atoms in total. The molecule has 1 rings (SSSR count). The van der Waals surface area contributed by atoms with E-state index in [1.165, 1.54) is 11.3 Å². The average molecular weight is 199 g/mol. The summed E-state index contributed by atoms with van der Waals surface area (Å²) in [7, 11) is 1.58. The molecule has 1 amide bonds. The molecule has 3 N–H and O–H groups in total. The molecular formula is C8H13N3OS. The van der Waals surface area contributed by atoms with Crippen molar-refractivity contribution in [2.75, 3.05) is 7.05 Å². The number of carbonyl (C=O) groups is 1. The van der Waals surface area contributed by atoms with Gasteiger partial charge in [0.1, 0.15) is 10.7 Å². The highest BCUT2D eigenvalue weighted by Crippen LogP contribution is 2.18. The zero-order valence-electron chi connectivity index (χ0n) is 7.70. The quantitative estimate of drug-likeness (QED) is 0.760. The number of rotatable bonds is 3. The number of thiazole rings is 1. The van der Waals surface area contributed by atoms with Gasteiger partial charge >= 0.3 is 0 Å². The number of amides is 1. The first-order valence-electron chi connectivity index (χ1n) is 4.12. The Hall–Kier alpha value is -0.940. The van der Waals surface area contributed by atoms with Crippen molar-refractivity contribution in [3.05, 3.63) is 16.1 Å². The van der Waals surface area contributed by atoms with Gasteiger partial charge in [0.25, 0.3) is 5.91 Å². The standard InChI is InChI=1S/C8H13N3OS/c1-3-5(9)8-11-6(4-13-8)7(12)10-2/h4-5H,3,9H2,1-2H3,(H,10,12)/t5-/m0/s1. The predicted octanol–water partition coefficient (Wildman–Crippen LogP) is 0.913. The monoisotopic (exact) mass is 199 g/mol. The lowest BCUT2D eigenvalue weighted by Crippen LogP contribution is -2.18. The van der Waals surface area contributed by atoms with Crippen molar-refractivity contribution in [3.63, 3.8) is 0 Å². The van der Waals surface area contributed by atoms with Crippen molar-refractivity contribution in [2.45, 2.75) is 19.4 Å². The van der Waals surface area contributed by atoms with Gasteiger partial charge < -0.3 is 11.1 Å². The van der Waals surface area contributed by atoms with Gasteiger partial charge in [0.15, 0.2) is 0 Å². The van der Waals surface area contributed by atoms with Gasteiger partial charge in [0, 0.05) is 12.4 Å². The first kappa shape index (κ1) is 10.1. The molecule has 0 saturated carbocycles. The van der Waals surface area contributed by atoms with E-state index in [1.54, 1.807) is 12.4 Å². The average Bonchev–Trinajstić information content (AvgIpc) is 2.64. The maximum Gasteiger partial charge on any atom is 0.270 e. The lowest BCUT2D eigenvalue weighted by Gasteiger charge is -2.02. The van der Waals surface area contributed by atoms with E-state index in [0.29, 0.717) is 5.69 Å². The van der Waals surface area contributed by atoms with Crippen LogP contribution in [-0.4, -0.2) is 17.9 Å². The fourth-order valence-corrected chi connectivity index (χ4v) is 1.75. The number of aromatic nitrogens is 1.